The van der Waals surface area contributed by atoms with Gasteiger partial charge in [-0.3, -0.25) is 0 Å². The zero-order valence-electron chi connectivity index (χ0n) is 11.6. The van der Waals surface area contributed by atoms with E-state index in [1.54, 1.807) is 0 Å². The quantitative estimate of drug-likeness (QED) is 0.884. The van der Waals surface area contributed by atoms with Crippen LogP contribution in [0, 0.1) is 0 Å². The van der Waals surface area contributed by atoms with E-state index in [4.69, 9.17) is 5.11 Å². The average Bonchev–Trinajstić information content (AvgIpc) is 2.85. The van der Waals surface area contributed by atoms with Gasteiger partial charge in [0.05, 0.1) is 24.9 Å². The Morgan fingerprint density at radius 2 is 2.11 bits per heavy atom. The first kappa shape index (κ1) is 13.5. The summed E-state index contributed by atoms with van der Waals surface area (Å²) in [5.74, 6) is 0. The summed E-state index contributed by atoms with van der Waals surface area (Å²) in [4.78, 5) is 0. The highest BCUT2D eigenvalue weighted by molar-refractivity contribution is 5.45. The predicted octanol–water partition coefficient (Wildman–Crippen LogP) is 2.14. The number of aliphatic hydroxyl groups excluding tert-OH is 1. The number of anilines is 1. The van der Waals surface area contributed by atoms with E-state index in [0.717, 1.165) is 16.9 Å². The molecule has 0 fully saturated rings. The zero-order valence-corrected chi connectivity index (χ0v) is 11.6. The topological polar surface area (TPSA) is 63.0 Å². The molecule has 0 aliphatic rings. The second-order valence-electron chi connectivity index (χ2n) is 5.54. The Kier molecular flexibility index (Phi) is 3.85. The van der Waals surface area contributed by atoms with Crippen LogP contribution in [0.15, 0.2) is 30.5 Å². The Morgan fingerprint density at radius 1 is 1.32 bits per heavy atom. The van der Waals surface area contributed by atoms with Crippen LogP contribution in [0.4, 0.5) is 5.69 Å². The lowest BCUT2D eigenvalue weighted by Gasteiger charge is -2.17. The van der Waals surface area contributed by atoms with Crippen LogP contribution in [0.25, 0.3) is 0 Å². The maximum absolute atomic E-state index is 9.09. The van der Waals surface area contributed by atoms with Crippen molar-refractivity contribution in [2.24, 2.45) is 0 Å². The summed E-state index contributed by atoms with van der Waals surface area (Å²) in [5.41, 5.74) is 2.70. The van der Waals surface area contributed by atoms with E-state index in [1.807, 2.05) is 35.1 Å². The van der Waals surface area contributed by atoms with Crippen molar-refractivity contribution < 1.29 is 5.11 Å². The van der Waals surface area contributed by atoms with Gasteiger partial charge in [0.25, 0.3) is 0 Å². The molecule has 0 aliphatic carbocycles. The van der Waals surface area contributed by atoms with E-state index >= 15 is 0 Å². The van der Waals surface area contributed by atoms with E-state index in [2.05, 4.69) is 36.4 Å². The highest BCUT2D eigenvalue weighted by Gasteiger charge is 2.14. The third kappa shape index (κ3) is 3.54. The first-order valence-corrected chi connectivity index (χ1v) is 6.34. The number of hydrogen-bond donors (Lipinski definition) is 2. The molecule has 0 saturated carbocycles. The minimum Gasteiger partial charge on any atom is -0.392 e. The van der Waals surface area contributed by atoms with Crippen molar-refractivity contribution in [3.63, 3.8) is 0 Å². The molecule has 2 N–H and O–H groups in total. The third-order valence-corrected chi connectivity index (χ3v) is 2.81. The molecule has 19 heavy (non-hydrogen) atoms. The first-order chi connectivity index (χ1) is 8.99. The number of aliphatic hydroxyl groups is 1. The number of benzene rings is 1. The van der Waals surface area contributed by atoms with Crippen LogP contribution in [-0.2, 0) is 18.7 Å². The molecule has 1 heterocycles. The normalized spacial score (nSPS) is 11.6. The van der Waals surface area contributed by atoms with Gasteiger partial charge in [0.15, 0.2) is 0 Å². The van der Waals surface area contributed by atoms with E-state index in [9.17, 15) is 0 Å². The smallest absolute Gasteiger partial charge is 0.102 e. The van der Waals surface area contributed by atoms with Gasteiger partial charge in [0.2, 0.25) is 0 Å². The lowest BCUT2D eigenvalue weighted by Crippen LogP contribution is -2.22. The summed E-state index contributed by atoms with van der Waals surface area (Å²) in [6, 6.07) is 7.70. The van der Waals surface area contributed by atoms with Crippen LogP contribution < -0.4 is 5.32 Å². The van der Waals surface area contributed by atoms with Gasteiger partial charge in [-0.2, -0.15) is 0 Å². The highest BCUT2D eigenvalue weighted by atomic mass is 16.3. The molecule has 102 valence electrons. The van der Waals surface area contributed by atoms with Crippen molar-refractivity contribution in [3.05, 3.63) is 41.7 Å². The zero-order chi connectivity index (χ0) is 13.9. The summed E-state index contributed by atoms with van der Waals surface area (Å²) in [6.07, 6.45) is 1.95. The van der Waals surface area contributed by atoms with Crippen LogP contribution >= 0.6 is 0 Å². The summed E-state index contributed by atoms with van der Waals surface area (Å²) >= 11 is 0. The van der Waals surface area contributed by atoms with Crippen LogP contribution in [0.3, 0.4) is 0 Å². The first-order valence-electron chi connectivity index (χ1n) is 6.34. The molecule has 1 aromatic heterocycles. The summed E-state index contributed by atoms with van der Waals surface area (Å²) in [6.45, 7) is 6.93. The molecule has 0 amide bonds. The van der Waals surface area contributed by atoms with Gasteiger partial charge >= 0.3 is 0 Å². The average molecular weight is 260 g/mol. The predicted molar refractivity (Wildman–Crippen MR) is 74.7 cm³/mol. The molecule has 2 aromatic rings. The maximum Gasteiger partial charge on any atom is 0.102 e. The molecule has 0 spiro atoms. The van der Waals surface area contributed by atoms with E-state index in [0.29, 0.717) is 6.54 Å². The van der Waals surface area contributed by atoms with Crippen molar-refractivity contribution in [1.29, 1.82) is 0 Å². The minimum atomic E-state index is -0.0535. The number of nitrogens with one attached hydrogen (secondary N) is 1. The largest absolute Gasteiger partial charge is 0.392 e. The number of nitrogens with zero attached hydrogens (tertiary/aromatic N) is 3. The van der Waals surface area contributed by atoms with Crippen LogP contribution in [0.1, 0.15) is 32.0 Å². The molecule has 2 rings (SSSR count). The Morgan fingerprint density at radius 3 is 2.74 bits per heavy atom. The lowest BCUT2D eigenvalue weighted by molar-refractivity contribution is 0.282. The van der Waals surface area contributed by atoms with Gasteiger partial charge < -0.3 is 10.4 Å². The fourth-order valence-corrected chi connectivity index (χ4v) is 1.68. The van der Waals surface area contributed by atoms with Crippen molar-refractivity contribution in [3.8, 4) is 0 Å². The summed E-state index contributed by atoms with van der Waals surface area (Å²) < 4.78 is 1.86. The second-order valence-corrected chi connectivity index (χ2v) is 5.54. The molecule has 0 aliphatic heterocycles. The van der Waals surface area contributed by atoms with Crippen LogP contribution in [0.5, 0.6) is 0 Å². The summed E-state index contributed by atoms with van der Waals surface area (Å²) in [5, 5.41) is 20.6. The Bertz CT molecular complexity index is 542. The second kappa shape index (κ2) is 5.40. The Labute approximate surface area is 113 Å². The monoisotopic (exact) mass is 260 g/mol. The van der Waals surface area contributed by atoms with Crippen LogP contribution in [-0.4, -0.2) is 20.1 Å². The minimum absolute atomic E-state index is 0.0513. The molecular weight excluding hydrogens is 240 g/mol. The molecule has 0 atom stereocenters. The van der Waals surface area contributed by atoms with Crippen molar-refractivity contribution in [1.82, 2.24) is 15.0 Å². The van der Waals surface area contributed by atoms with Crippen molar-refractivity contribution in [2.75, 3.05) is 5.32 Å². The fourth-order valence-electron chi connectivity index (χ4n) is 1.68. The van der Waals surface area contributed by atoms with Gasteiger partial charge in [-0.15, -0.1) is 5.10 Å². The van der Waals surface area contributed by atoms with E-state index in [-0.39, 0.29) is 12.1 Å². The number of rotatable bonds is 4. The highest BCUT2D eigenvalue weighted by Crippen LogP contribution is 2.14. The standard InChI is InChI=1S/C14H20N4O/c1-14(2,3)18-9-13(16-17-18)8-15-12-6-4-5-11(7-12)10-19/h4-7,9,15,19H,8,10H2,1-3H3. The van der Waals surface area contributed by atoms with Crippen molar-refractivity contribution in [2.45, 2.75) is 39.5 Å². The summed E-state index contributed by atoms with van der Waals surface area (Å²) in [7, 11) is 0. The fraction of sp³-hybridized carbons (Fsp3) is 0.429. The molecule has 5 nitrogen and oxygen atoms in total. The number of hydrogen-bond acceptors (Lipinski definition) is 4. The molecule has 0 bridgehead atoms. The third-order valence-electron chi connectivity index (χ3n) is 2.81. The Balaban J connectivity index is 2.00. The van der Waals surface area contributed by atoms with Crippen LogP contribution in [0.2, 0.25) is 0 Å². The molecule has 1 aromatic carbocycles. The number of aromatic nitrogens is 3. The van der Waals surface area contributed by atoms with Gasteiger partial charge in [-0.05, 0) is 38.5 Å². The van der Waals surface area contributed by atoms with Crippen molar-refractivity contribution >= 4 is 5.69 Å². The molecule has 0 saturated heterocycles. The van der Waals surface area contributed by atoms with Gasteiger partial charge in [0, 0.05) is 5.69 Å². The van der Waals surface area contributed by atoms with E-state index in [1.165, 1.54) is 0 Å². The Hall–Kier alpha value is -1.88. The molecular formula is C14H20N4O. The lowest BCUT2D eigenvalue weighted by atomic mass is 10.1. The SMILES string of the molecule is CC(C)(C)n1cc(CNc2cccc(CO)c2)nn1. The molecule has 5 heteroatoms. The van der Waals surface area contributed by atoms with Gasteiger partial charge in [0.1, 0.15) is 5.69 Å². The maximum atomic E-state index is 9.09. The van der Waals surface area contributed by atoms with Gasteiger partial charge in [-0.1, -0.05) is 17.3 Å². The van der Waals surface area contributed by atoms with Gasteiger partial charge in [-0.25, -0.2) is 4.68 Å². The molecule has 0 radical (unpaired) electrons. The molecule has 0 unspecified atom stereocenters. The van der Waals surface area contributed by atoms with E-state index < -0.39 is 0 Å².